The number of nitrogens with one attached hydrogen (secondary N) is 2. The van der Waals surface area contributed by atoms with Crippen molar-refractivity contribution in [2.45, 2.75) is 12.5 Å². The molecule has 0 radical (unpaired) electrons. The Labute approximate surface area is 157 Å². The fourth-order valence-corrected chi connectivity index (χ4v) is 3.44. The van der Waals surface area contributed by atoms with Gasteiger partial charge in [-0.05, 0) is 11.6 Å². The van der Waals surface area contributed by atoms with Gasteiger partial charge in [-0.25, -0.2) is 4.98 Å². The van der Waals surface area contributed by atoms with Crippen molar-refractivity contribution in [3.05, 3.63) is 78.1 Å². The highest BCUT2D eigenvalue weighted by atomic mass is 16.2. The number of nitrogens with zero attached hydrogens (tertiary/aromatic N) is 2. The van der Waals surface area contributed by atoms with Crippen molar-refractivity contribution in [1.82, 2.24) is 20.2 Å². The molecular weight excluding hydrogens is 340 g/mol. The zero-order valence-electron chi connectivity index (χ0n) is 14.8. The summed E-state index contributed by atoms with van der Waals surface area (Å²) in [7, 11) is 0. The van der Waals surface area contributed by atoms with Gasteiger partial charge in [0.2, 0.25) is 5.91 Å². The summed E-state index contributed by atoms with van der Waals surface area (Å²) in [5.74, 6) is 0.367. The SMILES string of the molecule is O=C1NCCN(C(=O)c2ccccc2-c2ncc[nH]2)[C@@H]1Cc1ccccc1. The topological polar surface area (TPSA) is 78.1 Å². The van der Waals surface area contributed by atoms with E-state index in [4.69, 9.17) is 0 Å². The van der Waals surface area contributed by atoms with Gasteiger partial charge in [-0.15, -0.1) is 0 Å². The third kappa shape index (κ3) is 3.46. The third-order valence-corrected chi connectivity index (χ3v) is 4.77. The maximum Gasteiger partial charge on any atom is 0.255 e. The molecule has 1 aliphatic rings. The lowest BCUT2D eigenvalue weighted by atomic mass is 9.99. The Kier molecular flexibility index (Phi) is 4.70. The van der Waals surface area contributed by atoms with Crippen molar-refractivity contribution in [2.24, 2.45) is 0 Å². The van der Waals surface area contributed by atoms with E-state index in [1.165, 1.54) is 0 Å². The van der Waals surface area contributed by atoms with Gasteiger partial charge in [-0.2, -0.15) is 0 Å². The molecule has 1 aliphatic heterocycles. The first-order valence-corrected chi connectivity index (χ1v) is 8.95. The van der Waals surface area contributed by atoms with E-state index < -0.39 is 6.04 Å². The van der Waals surface area contributed by atoms with E-state index in [0.717, 1.165) is 11.1 Å². The van der Waals surface area contributed by atoms with Gasteiger partial charge < -0.3 is 15.2 Å². The lowest BCUT2D eigenvalue weighted by Crippen LogP contribution is -2.58. The van der Waals surface area contributed by atoms with E-state index in [1.807, 2.05) is 48.5 Å². The van der Waals surface area contributed by atoms with Crippen molar-refractivity contribution in [1.29, 1.82) is 0 Å². The second-order valence-electron chi connectivity index (χ2n) is 6.48. The van der Waals surface area contributed by atoms with Gasteiger partial charge >= 0.3 is 0 Å². The Morgan fingerprint density at radius 3 is 2.67 bits per heavy atom. The summed E-state index contributed by atoms with van der Waals surface area (Å²) in [5.41, 5.74) is 2.30. The van der Waals surface area contributed by atoms with E-state index >= 15 is 0 Å². The largest absolute Gasteiger partial charge is 0.353 e. The van der Waals surface area contributed by atoms with Gasteiger partial charge in [0.05, 0.1) is 5.56 Å². The van der Waals surface area contributed by atoms with E-state index in [1.54, 1.807) is 23.4 Å². The average Bonchev–Trinajstić information content (AvgIpc) is 3.24. The van der Waals surface area contributed by atoms with Gasteiger partial charge in [0.25, 0.3) is 5.91 Å². The zero-order valence-corrected chi connectivity index (χ0v) is 14.8. The highest BCUT2D eigenvalue weighted by molar-refractivity contribution is 6.02. The number of rotatable bonds is 4. The van der Waals surface area contributed by atoms with Crippen LogP contribution in [0.5, 0.6) is 0 Å². The number of carbonyl (C=O) groups excluding carboxylic acids is 2. The number of benzene rings is 2. The quantitative estimate of drug-likeness (QED) is 0.749. The molecule has 0 saturated carbocycles. The van der Waals surface area contributed by atoms with Crippen molar-refractivity contribution < 1.29 is 9.59 Å². The molecule has 2 N–H and O–H groups in total. The van der Waals surface area contributed by atoms with Crippen molar-refractivity contribution in [2.75, 3.05) is 13.1 Å². The molecule has 1 atom stereocenters. The summed E-state index contributed by atoms with van der Waals surface area (Å²) >= 11 is 0. The first-order chi connectivity index (χ1) is 13.2. The first-order valence-electron chi connectivity index (χ1n) is 8.95. The molecule has 2 heterocycles. The number of piperazine rings is 1. The Bertz CT molecular complexity index is 938. The summed E-state index contributed by atoms with van der Waals surface area (Å²) in [5, 5.41) is 2.88. The van der Waals surface area contributed by atoms with Crippen LogP contribution in [-0.2, 0) is 11.2 Å². The van der Waals surface area contributed by atoms with Crippen LogP contribution in [0.15, 0.2) is 67.0 Å². The molecule has 0 aliphatic carbocycles. The summed E-state index contributed by atoms with van der Waals surface area (Å²) in [4.78, 5) is 34.9. The minimum Gasteiger partial charge on any atom is -0.353 e. The van der Waals surface area contributed by atoms with Gasteiger partial charge in [-0.1, -0.05) is 48.5 Å². The van der Waals surface area contributed by atoms with Crippen LogP contribution in [0.25, 0.3) is 11.4 Å². The summed E-state index contributed by atoms with van der Waals surface area (Å²) in [6.07, 6.45) is 3.87. The summed E-state index contributed by atoms with van der Waals surface area (Å²) in [6.45, 7) is 0.938. The third-order valence-electron chi connectivity index (χ3n) is 4.77. The predicted molar refractivity (Wildman–Crippen MR) is 102 cm³/mol. The number of H-pyrrole nitrogens is 1. The summed E-state index contributed by atoms with van der Waals surface area (Å²) in [6, 6.07) is 16.6. The molecule has 6 heteroatoms. The minimum absolute atomic E-state index is 0.117. The molecule has 6 nitrogen and oxygen atoms in total. The molecule has 0 unspecified atom stereocenters. The van der Waals surface area contributed by atoms with Crippen LogP contribution in [0.1, 0.15) is 15.9 Å². The molecule has 27 heavy (non-hydrogen) atoms. The standard InChI is InChI=1S/C21H20N4O2/c26-20-18(14-15-6-2-1-3-7-15)25(13-12-24-20)21(27)17-9-5-4-8-16(17)19-22-10-11-23-19/h1-11,18H,12-14H2,(H,22,23)(H,24,26)/t18-/m1/s1. The number of aromatic amines is 1. The lowest BCUT2D eigenvalue weighted by Gasteiger charge is -2.35. The first kappa shape index (κ1) is 17.0. The van der Waals surface area contributed by atoms with Crippen molar-refractivity contribution >= 4 is 11.8 Å². The molecule has 3 aromatic rings. The molecule has 136 valence electrons. The number of amides is 2. The van der Waals surface area contributed by atoms with Crippen LogP contribution < -0.4 is 5.32 Å². The Balaban J connectivity index is 1.66. The summed E-state index contributed by atoms with van der Waals surface area (Å²) < 4.78 is 0. The van der Waals surface area contributed by atoms with Gasteiger partial charge in [-0.3, -0.25) is 9.59 Å². The molecule has 2 aromatic carbocycles. The van der Waals surface area contributed by atoms with Gasteiger partial charge in [0.15, 0.2) is 0 Å². The zero-order chi connectivity index (χ0) is 18.6. The average molecular weight is 360 g/mol. The van der Waals surface area contributed by atoms with E-state index in [9.17, 15) is 9.59 Å². The Morgan fingerprint density at radius 1 is 1.11 bits per heavy atom. The molecule has 1 saturated heterocycles. The molecule has 0 bridgehead atoms. The van der Waals surface area contributed by atoms with E-state index in [-0.39, 0.29) is 11.8 Å². The number of imidazole rings is 1. The fourth-order valence-electron chi connectivity index (χ4n) is 3.44. The molecular formula is C21H20N4O2. The highest BCUT2D eigenvalue weighted by Crippen LogP contribution is 2.23. The number of carbonyl (C=O) groups is 2. The molecule has 1 fully saturated rings. The van der Waals surface area contributed by atoms with Crippen LogP contribution in [0.3, 0.4) is 0 Å². The van der Waals surface area contributed by atoms with Crippen LogP contribution in [0.2, 0.25) is 0 Å². The highest BCUT2D eigenvalue weighted by Gasteiger charge is 2.34. The molecule has 2 amide bonds. The van der Waals surface area contributed by atoms with Crippen molar-refractivity contribution in [3.8, 4) is 11.4 Å². The van der Waals surface area contributed by atoms with Crippen molar-refractivity contribution in [3.63, 3.8) is 0 Å². The van der Waals surface area contributed by atoms with Gasteiger partial charge in [0, 0.05) is 37.5 Å². The van der Waals surface area contributed by atoms with E-state index in [2.05, 4.69) is 15.3 Å². The van der Waals surface area contributed by atoms with Crippen LogP contribution >= 0.6 is 0 Å². The smallest absolute Gasteiger partial charge is 0.255 e. The molecule has 0 spiro atoms. The maximum absolute atomic E-state index is 13.4. The van der Waals surface area contributed by atoms with E-state index in [0.29, 0.717) is 30.9 Å². The Hall–Kier alpha value is -3.41. The molecule has 1 aromatic heterocycles. The maximum atomic E-state index is 13.4. The van der Waals surface area contributed by atoms with Crippen LogP contribution in [-0.4, -0.2) is 45.8 Å². The van der Waals surface area contributed by atoms with Crippen LogP contribution in [0, 0.1) is 0 Å². The van der Waals surface area contributed by atoms with Gasteiger partial charge in [0.1, 0.15) is 11.9 Å². The second kappa shape index (κ2) is 7.45. The predicted octanol–water partition coefficient (Wildman–Crippen LogP) is 2.26. The lowest BCUT2D eigenvalue weighted by molar-refractivity contribution is -0.127. The number of hydrogen-bond donors (Lipinski definition) is 2. The monoisotopic (exact) mass is 360 g/mol. The minimum atomic E-state index is -0.529. The number of hydrogen-bond acceptors (Lipinski definition) is 3. The van der Waals surface area contributed by atoms with Crippen LogP contribution in [0.4, 0.5) is 0 Å². The normalized spacial score (nSPS) is 16.8. The fraction of sp³-hybridized carbons (Fsp3) is 0.190. The second-order valence-corrected chi connectivity index (χ2v) is 6.48. The molecule has 4 rings (SSSR count). The number of aromatic nitrogens is 2. The Morgan fingerprint density at radius 2 is 1.89 bits per heavy atom.